The van der Waals surface area contributed by atoms with Crippen molar-refractivity contribution in [2.75, 3.05) is 6.61 Å². The number of amides is 1. The van der Waals surface area contributed by atoms with Gasteiger partial charge in [0.1, 0.15) is 5.69 Å². The Hall–Kier alpha value is -1.40. The van der Waals surface area contributed by atoms with Crippen LogP contribution in [0, 0.1) is 5.92 Å². The summed E-state index contributed by atoms with van der Waals surface area (Å²) in [6, 6.07) is 1.62. The summed E-state index contributed by atoms with van der Waals surface area (Å²) in [5.41, 5.74) is 6.44. The molecule has 1 aliphatic heterocycles. The second-order valence-electron chi connectivity index (χ2n) is 4.74. The molecule has 0 radical (unpaired) electrons. The van der Waals surface area contributed by atoms with E-state index in [1.807, 2.05) is 0 Å². The maximum Gasteiger partial charge on any atom is 0.272 e. The molecule has 6 heteroatoms. The van der Waals surface area contributed by atoms with Gasteiger partial charge in [-0.1, -0.05) is 0 Å². The van der Waals surface area contributed by atoms with E-state index in [4.69, 9.17) is 10.5 Å². The van der Waals surface area contributed by atoms with Crippen LogP contribution in [0.3, 0.4) is 0 Å². The number of ether oxygens (including phenoxy) is 1. The van der Waals surface area contributed by atoms with Gasteiger partial charge < -0.3 is 15.8 Å². The van der Waals surface area contributed by atoms with Crippen LogP contribution in [0.4, 0.5) is 0 Å². The number of nitrogens with zero attached hydrogens (tertiary/aromatic N) is 2. The Morgan fingerprint density at radius 2 is 2.53 bits per heavy atom. The predicted octanol–water partition coefficient (Wildman–Crippen LogP) is -0.735. The fourth-order valence-corrected chi connectivity index (χ4v) is 2.69. The third-order valence-corrected chi connectivity index (χ3v) is 3.69. The maximum absolute atomic E-state index is 11.9. The third-order valence-electron chi connectivity index (χ3n) is 3.69. The molecule has 2 fully saturated rings. The van der Waals surface area contributed by atoms with Gasteiger partial charge in [-0.05, 0) is 12.5 Å². The minimum absolute atomic E-state index is 0.00941. The summed E-state index contributed by atoms with van der Waals surface area (Å²) in [4.78, 5) is 11.9. The molecule has 0 bridgehead atoms. The van der Waals surface area contributed by atoms with Gasteiger partial charge in [-0.3, -0.25) is 9.48 Å². The molecule has 3 rings (SSSR count). The van der Waals surface area contributed by atoms with E-state index in [9.17, 15) is 4.79 Å². The summed E-state index contributed by atoms with van der Waals surface area (Å²) in [5.74, 6) is 0.226. The molecule has 2 aliphatic rings. The Kier molecular flexibility index (Phi) is 2.41. The number of carbonyl (C=O) groups is 1. The molecule has 17 heavy (non-hydrogen) atoms. The Morgan fingerprint density at radius 1 is 1.71 bits per heavy atom. The van der Waals surface area contributed by atoms with Crippen LogP contribution in [-0.2, 0) is 11.8 Å². The van der Waals surface area contributed by atoms with E-state index in [2.05, 4.69) is 10.4 Å². The van der Waals surface area contributed by atoms with Gasteiger partial charge in [0.25, 0.3) is 5.91 Å². The van der Waals surface area contributed by atoms with Crippen LogP contribution in [0.5, 0.6) is 0 Å². The van der Waals surface area contributed by atoms with Crippen molar-refractivity contribution in [3.63, 3.8) is 0 Å². The maximum atomic E-state index is 11.9. The normalized spacial score (nSPS) is 35.2. The van der Waals surface area contributed by atoms with Gasteiger partial charge in [-0.25, -0.2) is 0 Å². The fraction of sp³-hybridized carbons (Fsp3) is 0.636. The standard InChI is InChI=1S/C11H16N4O2/c1-15-4-2-7(14-15)11(16)13-9-8(12)6-3-5-17-10(6)9/h2,4,6,8-10H,3,5,12H2,1H3,(H,13,16). The molecule has 0 aromatic carbocycles. The Morgan fingerprint density at radius 3 is 3.24 bits per heavy atom. The van der Waals surface area contributed by atoms with Crippen LogP contribution >= 0.6 is 0 Å². The molecule has 1 aromatic heterocycles. The molecular formula is C11H16N4O2. The number of hydrogen-bond donors (Lipinski definition) is 2. The van der Waals surface area contributed by atoms with E-state index in [1.165, 1.54) is 0 Å². The molecule has 0 spiro atoms. The zero-order valence-electron chi connectivity index (χ0n) is 9.67. The lowest BCUT2D eigenvalue weighted by atomic mass is 9.72. The lowest BCUT2D eigenvalue weighted by Crippen LogP contribution is -2.69. The second kappa shape index (κ2) is 3.82. The Labute approximate surface area is 99.1 Å². The average molecular weight is 236 g/mol. The molecular weight excluding hydrogens is 220 g/mol. The highest BCUT2D eigenvalue weighted by atomic mass is 16.5. The first-order valence-corrected chi connectivity index (χ1v) is 5.84. The summed E-state index contributed by atoms with van der Waals surface area (Å²) < 4.78 is 7.16. The first kappa shape index (κ1) is 10.7. The van der Waals surface area contributed by atoms with E-state index >= 15 is 0 Å². The molecule has 1 aromatic rings. The van der Waals surface area contributed by atoms with Gasteiger partial charge in [0.2, 0.25) is 0 Å². The molecule has 1 saturated carbocycles. The van der Waals surface area contributed by atoms with E-state index in [-0.39, 0.29) is 24.1 Å². The molecule has 6 nitrogen and oxygen atoms in total. The monoisotopic (exact) mass is 236 g/mol. The van der Waals surface area contributed by atoms with E-state index in [0.717, 1.165) is 13.0 Å². The van der Waals surface area contributed by atoms with Crippen molar-refractivity contribution >= 4 is 5.91 Å². The molecule has 3 N–H and O–H groups in total. The number of nitrogens with two attached hydrogens (primary N) is 1. The molecule has 2 heterocycles. The third kappa shape index (κ3) is 1.64. The summed E-state index contributed by atoms with van der Waals surface area (Å²) >= 11 is 0. The lowest BCUT2D eigenvalue weighted by Gasteiger charge is -2.45. The quantitative estimate of drug-likeness (QED) is 0.709. The SMILES string of the molecule is Cn1ccc(C(=O)NC2C(N)C3CCOC32)n1. The number of fused-ring (bicyclic) bond motifs is 1. The Balaban J connectivity index is 1.66. The lowest BCUT2D eigenvalue weighted by molar-refractivity contribution is -0.0161. The summed E-state index contributed by atoms with van der Waals surface area (Å²) in [7, 11) is 1.78. The van der Waals surface area contributed by atoms with Gasteiger partial charge in [0.15, 0.2) is 0 Å². The summed E-state index contributed by atoms with van der Waals surface area (Å²) in [5, 5.41) is 6.96. The number of aromatic nitrogens is 2. The minimum atomic E-state index is -0.181. The number of aryl methyl sites for hydroxylation is 1. The number of nitrogens with one attached hydrogen (secondary N) is 1. The van der Waals surface area contributed by atoms with Crippen molar-refractivity contribution in [2.24, 2.45) is 18.7 Å². The largest absolute Gasteiger partial charge is 0.376 e. The highest BCUT2D eigenvalue weighted by Gasteiger charge is 2.52. The van der Waals surface area contributed by atoms with Crippen LogP contribution in [0.25, 0.3) is 0 Å². The van der Waals surface area contributed by atoms with Crippen molar-refractivity contribution in [3.8, 4) is 0 Å². The van der Waals surface area contributed by atoms with Crippen molar-refractivity contribution in [1.82, 2.24) is 15.1 Å². The fourth-order valence-electron chi connectivity index (χ4n) is 2.69. The topological polar surface area (TPSA) is 82.2 Å². The number of hydrogen-bond acceptors (Lipinski definition) is 4. The van der Waals surface area contributed by atoms with Crippen LogP contribution in [-0.4, -0.2) is 40.5 Å². The highest BCUT2D eigenvalue weighted by Crippen LogP contribution is 2.37. The van der Waals surface area contributed by atoms with Gasteiger partial charge in [-0.2, -0.15) is 5.10 Å². The first-order chi connectivity index (χ1) is 8.16. The molecule has 4 unspecified atom stereocenters. The van der Waals surface area contributed by atoms with Crippen LogP contribution in [0.2, 0.25) is 0 Å². The zero-order valence-corrected chi connectivity index (χ0v) is 9.67. The zero-order chi connectivity index (χ0) is 12.0. The molecule has 92 valence electrons. The van der Waals surface area contributed by atoms with Gasteiger partial charge in [0, 0.05) is 31.8 Å². The number of rotatable bonds is 2. The molecule has 1 aliphatic carbocycles. The summed E-state index contributed by atoms with van der Waals surface area (Å²) in [6.07, 6.45) is 2.84. The van der Waals surface area contributed by atoms with Gasteiger partial charge in [-0.15, -0.1) is 0 Å². The van der Waals surface area contributed by atoms with Crippen LogP contribution in [0.15, 0.2) is 12.3 Å². The smallest absolute Gasteiger partial charge is 0.272 e. The molecule has 4 atom stereocenters. The second-order valence-corrected chi connectivity index (χ2v) is 4.74. The van der Waals surface area contributed by atoms with E-state index in [1.54, 1.807) is 24.0 Å². The Bertz CT molecular complexity index is 444. The van der Waals surface area contributed by atoms with Crippen molar-refractivity contribution in [3.05, 3.63) is 18.0 Å². The van der Waals surface area contributed by atoms with Crippen LogP contribution < -0.4 is 11.1 Å². The van der Waals surface area contributed by atoms with Crippen LogP contribution in [0.1, 0.15) is 16.9 Å². The molecule has 1 amide bonds. The van der Waals surface area contributed by atoms with E-state index < -0.39 is 0 Å². The van der Waals surface area contributed by atoms with Gasteiger partial charge >= 0.3 is 0 Å². The van der Waals surface area contributed by atoms with Crippen molar-refractivity contribution in [2.45, 2.75) is 24.6 Å². The minimum Gasteiger partial charge on any atom is -0.376 e. The van der Waals surface area contributed by atoms with Gasteiger partial charge in [0.05, 0.1) is 12.1 Å². The van der Waals surface area contributed by atoms with Crippen molar-refractivity contribution in [1.29, 1.82) is 0 Å². The average Bonchev–Trinajstić information content (AvgIpc) is 2.92. The predicted molar refractivity (Wildman–Crippen MR) is 60.3 cm³/mol. The highest BCUT2D eigenvalue weighted by molar-refractivity contribution is 5.92. The number of carbonyl (C=O) groups excluding carboxylic acids is 1. The summed E-state index contributed by atoms with van der Waals surface area (Å²) in [6.45, 7) is 0.749. The van der Waals surface area contributed by atoms with E-state index in [0.29, 0.717) is 11.6 Å². The molecule has 1 saturated heterocycles. The first-order valence-electron chi connectivity index (χ1n) is 5.84. The van der Waals surface area contributed by atoms with Crippen molar-refractivity contribution < 1.29 is 9.53 Å².